The van der Waals surface area contributed by atoms with Gasteiger partial charge in [-0.25, -0.2) is 4.98 Å². The van der Waals surface area contributed by atoms with Crippen LogP contribution in [-0.4, -0.2) is 58.6 Å². The number of carbonyl (C=O) groups is 1. The number of hydrogen-bond acceptors (Lipinski definition) is 7. The van der Waals surface area contributed by atoms with Gasteiger partial charge in [0.15, 0.2) is 5.65 Å². The number of benzene rings is 2. The molecule has 1 amide bonds. The first-order valence-corrected chi connectivity index (χ1v) is 12.6. The number of anilines is 4. The SMILES string of the molecule is C=CC(=O)Nc1cccc(-n2c(=O)cc(C)c3cnc(Nc4ccc(N5CCN(C)CC5)cc4C)nc32)c1. The molecular formula is C29H31N7O2. The van der Waals surface area contributed by atoms with Crippen molar-refractivity contribution in [3.8, 4) is 5.69 Å². The molecule has 2 aromatic heterocycles. The minimum absolute atomic E-state index is 0.223. The van der Waals surface area contributed by atoms with Crippen LogP contribution in [0.5, 0.6) is 0 Å². The predicted molar refractivity (Wildman–Crippen MR) is 153 cm³/mol. The lowest BCUT2D eigenvalue weighted by Crippen LogP contribution is -2.44. The summed E-state index contributed by atoms with van der Waals surface area (Å²) in [5.41, 5.74) is 5.36. The second kappa shape index (κ2) is 10.5. The number of fused-ring (bicyclic) bond motifs is 1. The fourth-order valence-corrected chi connectivity index (χ4v) is 4.65. The third-order valence-corrected chi connectivity index (χ3v) is 6.85. The maximum atomic E-state index is 13.1. The van der Waals surface area contributed by atoms with Crippen LogP contribution in [0.15, 0.2) is 72.2 Å². The van der Waals surface area contributed by atoms with Gasteiger partial charge in [-0.05, 0) is 74.5 Å². The molecule has 1 saturated heterocycles. The lowest BCUT2D eigenvalue weighted by atomic mass is 10.1. The van der Waals surface area contributed by atoms with Crippen molar-refractivity contribution in [3.05, 3.63) is 88.9 Å². The van der Waals surface area contributed by atoms with E-state index in [4.69, 9.17) is 4.98 Å². The van der Waals surface area contributed by atoms with Gasteiger partial charge in [0.05, 0.1) is 5.69 Å². The molecule has 5 rings (SSSR count). The number of amides is 1. The number of aryl methyl sites for hydroxylation is 2. The average molecular weight is 510 g/mol. The number of nitrogens with zero attached hydrogens (tertiary/aromatic N) is 5. The number of rotatable bonds is 6. The summed E-state index contributed by atoms with van der Waals surface area (Å²) in [6, 6.07) is 15.0. The van der Waals surface area contributed by atoms with E-state index < -0.39 is 0 Å². The van der Waals surface area contributed by atoms with Crippen molar-refractivity contribution >= 4 is 40.0 Å². The van der Waals surface area contributed by atoms with E-state index in [1.807, 2.05) is 13.0 Å². The summed E-state index contributed by atoms with van der Waals surface area (Å²) < 4.78 is 1.53. The monoisotopic (exact) mass is 509 g/mol. The van der Waals surface area contributed by atoms with Crippen molar-refractivity contribution in [3.63, 3.8) is 0 Å². The first-order chi connectivity index (χ1) is 18.3. The summed E-state index contributed by atoms with van der Waals surface area (Å²) in [6.07, 6.45) is 2.93. The Hall–Kier alpha value is -4.50. The fourth-order valence-electron chi connectivity index (χ4n) is 4.65. The number of aromatic nitrogens is 3. The molecule has 1 fully saturated rings. The zero-order valence-electron chi connectivity index (χ0n) is 21.9. The Morgan fingerprint density at radius 1 is 1.00 bits per heavy atom. The van der Waals surface area contributed by atoms with E-state index in [1.54, 1.807) is 36.5 Å². The van der Waals surface area contributed by atoms with Crippen molar-refractivity contribution in [2.75, 3.05) is 48.8 Å². The minimum atomic E-state index is -0.328. The molecular weight excluding hydrogens is 478 g/mol. The lowest BCUT2D eigenvalue weighted by Gasteiger charge is -2.34. The number of pyridine rings is 1. The number of carbonyl (C=O) groups excluding carboxylic acids is 1. The van der Waals surface area contributed by atoms with E-state index in [-0.39, 0.29) is 11.5 Å². The summed E-state index contributed by atoms with van der Waals surface area (Å²) in [5, 5.41) is 6.83. The Kier molecular flexibility index (Phi) is 6.93. The summed E-state index contributed by atoms with van der Waals surface area (Å²) in [7, 11) is 2.15. The van der Waals surface area contributed by atoms with Crippen molar-refractivity contribution in [2.24, 2.45) is 0 Å². The molecule has 3 heterocycles. The maximum absolute atomic E-state index is 13.1. The van der Waals surface area contributed by atoms with E-state index >= 15 is 0 Å². The molecule has 0 atom stereocenters. The highest BCUT2D eigenvalue weighted by Gasteiger charge is 2.16. The van der Waals surface area contributed by atoms with Gasteiger partial charge in [0, 0.05) is 60.9 Å². The molecule has 0 radical (unpaired) electrons. The molecule has 0 aliphatic carbocycles. The van der Waals surface area contributed by atoms with Crippen LogP contribution < -0.4 is 21.1 Å². The average Bonchev–Trinajstić information content (AvgIpc) is 2.90. The van der Waals surface area contributed by atoms with Crippen LogP contribution in [0.1, 0.15) is 11.1 Å². The zero-order chi connectivity index (χ0) is 26.8. The third-order valence-electron chi connectivity index (χ3n) is 6.85. The molecule has 9 nitrogen and oxygen atoms in total. The second-order valence-corrected chi connectivity index (χ2v) is 9.59. The smallest absolute Gasteiger partial charge is 0.257 e. The van der Waals surface area contributed by atoms with Crippen LogP contribution >= 0.6 is 0 Å². The van der Waals surface area contributed by atoms with Crippen molar-refractivity contribution in [1.82, 2.24) is 19.4 Å². The highest BCUT2D eigenvalue weighted by molar-refractivity contribution is 5.99. The number of piperazine rings is 1. The first kappa shape index (κ1) is 25.2. The molecule has 0 saturated carbocycles. The number of nitrogens with one attached hydrogen (secondary N) is 2. The molecule has 9 heteroatoms. The molecule has 1 aliphatic rings. The molecule has 4 aromatic rings. The van der Waals surface area contributed by atoms with Gasteiger partial charge in [0.2, 0.25) is 11.9 Å². The van der Waals surface area contributed by atoms with Gasteiger partial charge in [-0.2, -0.15) is 4.98 Å². The number of likely N-dealkylation sites (N-methyl/N-ethyl adjacent to an activating group) is 1. The maximum Gasteiger partial charge on any atom is 0.257 e. The Labute approximate surface area is 221 Å². The standard InChI is InChI=1S/C29H31N7O2/c1-5-26(37)31-21-7-6-8-23(17-21)36-27(38)16-19(2)24-18-30-29(33-28(24)36)32-25-10-9-22(15-20(25)3)35-13-11-34(4)12-14-35/h5-10,15-18H,1,11-14H2,2-4H3,(H,31,37)(H,30,32,33). The van der Waals surface area contributed by atoms with Crippen molar-refractivity contribution in [1.29, 1.82) is 0 Å². The van der Waals surface area contributed by atoms with Gasteiger partial charge in [0.25, 0.3) is 5.56 Å². The highest BCUT2D eigenvalue weighted by Crippen LogP contribution is 2.27. The Morgan fingerprint density at radius 3 is 2.53 bits per heavy atom. The topological polar surface area (TPSA) is 95.4 Å². The van der Waals surface area contributed by atoms with Gasteiger partial charge in [-0.15, -0.1) is 0 Å². The molecule has 38 heavy (non-hydrogen) atoms. The van der Waals surface area contributed by atoms with Crippen LogP contribution in [0, 0.1) is 13.8 Å². The van der Waals surface area contributed by atoms with Crippen LogP contribution in [0.2, 0.25) is 0 Å². The minimum Gasteiger partial charge on any atom is -0.369 e. The van der Waals surface area contributed by atoms with E-state index in [1.165, 1.54) is 16.3 Å². The van der Waals surface area contributed by atoms with Crippen LogP contribution in [0.25, 0.3) is 16.7 Å². The largest absolute Gasteiger partial charge is 0.369 e. The summed E-state index contributed by atoms with van der Waals surface area (Å²) in [5.74, 6) is 0.0638. The molecule has 2 aromatic carbocycles. The van der Waals surface area contributed by atoms with E-state index in [9.17, 15) is 9.59 Å². The molecule has 0 spiro atoms. The Bertz CT molecular complexity index is 1590. The summed E-state index contributed by atoms with van der Waals surface area (Å²) in [4.78, 5) is 39.0. The van der Waals surface area contributed by atoms with Crippen molar-refractivity contribution < 1.29 is 4.79 Å². The predicted octanol–water partition coefficient (Wildman–Crippen LogP) is 4.02. The van der Waals surface area contributed by atoms with Gasteiger partial charge in [0.1, 0.15) is 0 Å². The van der Waals surface area contributed by atoms with Gasteiger partial charge < -0.3 is 20.4 Å². The molecule has 0 unspecified atom stereocenters. The quantitative estimate of drug-likeness (QED) is 0.379. The van der Waals surface area contributed by atoms with Crippen molar-refractivity contribution in [2.45, 2.75) is 13.8 Å². The van der Waals surface area contributed by atoms with Gasteiger partial charge in [-0.1, -0.05) is 12.6 Å². The molecule has 194 valence electrons. The van der Waals surface area contributed by atoms with Crippen LogP contribution in [0.4, 0.5) is 23.0 Å². The summed E-state index contributed by atoms with van der Waals surface area (Å²) >= 11 is 0. The molecule has 1 aliphatic heterocycles. The Balaban J connectivity index is 1.49. The van der Waals surface area contributed by atoms with Gasteiger partial charge >= 0.3 is 0 Å². The zero-order valence-corrected chi connectivity index (χ0v) is 21.9. The fraction of sp³-hybridized carbons (Fsp3) is 0.241. The van der Waals surface area contributed by atoms with E-state index in [0.29, 0.717) is 23.0 Å². The number of hydrogen-bond donors (Lipinski definition) is 2. The van der Waals surface area contributed by atoms with Crippen LogP contribution in [-0.2, 0) is 4.79 Å². The third kappa shape index (κ3) is 5.14. The van der Waals surface area contributed by atoms with Gasteiger partial charge in [-0.3, -0.25) is 14.2 Å². The normalized spacial score (nSPS) is 13.9. The molecule has 0 bridgehead atoms. The Morgan fingerprint density at radius 2 is 1.79 bits per heavy atom. The van der Waals surface area contributed by atoms with E-state index in [2.05, 4.69) is 58.1 Å². The first-order valence-electron chi connectivity index (χ1n) is 12.6. The summed E-state index contributed by atoms with van der Waals surface area (Å²) in [6.45, 7) is 11.5. The molecule has 2 N–H and O–H groups in total. The second-order valence-electron chi connectivity index (χ2n) is 9.59. The highest BCUT2D eigenvalue weighted by atomic mass is 16.1. The van der Waals surface area contributed by atoms with E-state index in [0.717, 1.165) is 48.4 Å². The lowest BCUT2D eigenvalue weighted by molar-refractivity contribution is -0.111. The van der Waals surface area contributed by atoms with Crippen LogP contribution in [0.3, 0.4) is 0 Å².